The lowest BCUT2D eigenvalue weighted by atomic mass is 9.87. The highest BCUT2D eigenvalue weighted by Crippen LogP contribution is 2.25. The third-order valence-corrected chi connectivity index (χ3v) is 5.29. The second-order valence-electron chi connectivity index (χ2n) is 6.12. The van der Waals surface area contributed by atoms with Crippen LogP contribution < -0.4 is 5.73 Å². The largest absolute Gasteiger partial charge is 0.398 e. The first kappa shape index (κ1) is 16.2. The third-order valence-electron chi connectivity index (χ3n) is 3.33. The van der Waals surface area contributed by atoms with Crippen molar-refractivity contribution in [1.29, 1.82) is 0 Å². The Morgan fingerprint density at radius 3 is 2.24 bits per heavy atom. The molecule has 2 nitrogen and oxygen atoms in total. The van der Waals surface area contributed by atoms with E-state index in [1.165, 1.54) is 5.56 Å². The van der Waals surface area contributed by atoms with E-state index in [-0.39, 0.29) is 5.41 Å². The van der Waals surface area contributed by atoms with E-state index in [1.54, 1.807) is 6.07 Å². The molecule has 0 bridgehead atoms. The summed E-state index contributed by atoms with van der Waals surface area (Å²) in [4.78, 5) is 0.693. The van der Waals surface area contributed by atoms with Crippen molar-refractivity contribution in [2.24, 2.45) is 0 Å². The predicted octanol–water partition coefficient (Wildman–Crippen LogP) is 4.64. The van der Waals surface area contributed by atoms with Gasteiger partial charge in [0.1, 0.15) is 0 Å². The molecule has 0 fully saturated rings. The summed E-state index contributed by atoms with van der Waals surface area (Å²) in [5, 5.41) is 0. The maximum Gasteiger partial charge on any atom is 0.0621 e. The van der Waals surface area contributed by atoms with Gasteiger partial charge in [0.2, 0.25) is 0 Å². The minimum atomic E-state index is -1.13. The van der Waals surface area contributed by atoms with Crippen molar-refractivity contribution in [2.75, 3.05) is 5.73 Å². The molecule has 0 heterocycles. The van der Waals surface area contributed by atoms with E-state index in [1.807, 2.05) is 24.3 Å². The van der Waals surface area contributed by atoms with Crippen LogP contribution >= 0.6 is 15.9 Å². The molecular formula is C17H20BrNOS. The summed E-state index contributed by atoms with van der Waals surface area (Å²) >= 11 is 3.36. The Hall–Kier alpha value is -1.13. The van der Waals surface area contributed by atoms with Crippen molar-refractivity contribution in [1.82, 2.24) is 0 Å². The van der Waals surface area contributed by atoms with Crippen LogP contribution in [0.5, 0.6) is 0 Å². The summed E-state index contributed by atoms with van der Waals surface area (Å²) in [5.74, 6) is 0.482. The van der Waals surface area contributed by atoms with Crippen molar-refractivity contribution < 1.29 is 4.21 Å². The molecule has 0 spiro atoms. The molecule has 0 saturated carbocycles. The van der Waals surface area contributed by atoms with Crippen LogP contribution in [-0.4, -0.2) is 4.21 Å². The van der Waals surface area contributed by atoms with E-state index in [9.17, 15) is 4.21 Å². The van der Waals surface area contributed by atoms with Crippen molar-refractivity contribution >= 4 is 32.4 Å². The molecule has 0 saturated heterocycles. The molecule has 0 aromatic heterocycles. The predicted molar refractivity (Wildman–Crippen MR) is 93.8 cm³/mol. The Morgan fingerprint density at radius 1 is 1.10 bits per heavy atom. The highest BCUT2D eigenvalue weighted by atomic mass is 79.9. The molecule has 0 aliphatic carbocycles. The number of nitrogen functional groups attached to an aromatic ring is 1. The third kappa shape index (κ3) is 4.17. The minimum absolute atomic E-state index is 0.133. The summed E-state index contributed by atoms with van der Waals surface area (Å²) in [6.45, 7) is 6.55. The zero-order valence-electron chi connectivity index (χ0n) is 12.5. The van der Waals surface area contributed by atoms with Gasteiger partial charge in [-0.25, -0.2) is 0 Å². The smallest absolute Gasteiger partial charge is 0.0621 e. The maximum atomic E-state index is 12.4. The molecule has 4 heteroatoms. The van der Waals surface area contributed by atoms with Crippen molar-refractivity contribution in [3.8, 4) is 0 Å². The highest BCUT2D eigenvalue weighted by Gasteiger charge is 2.14. The first-order valence-corrected chi connectivity index (χ1v) is 8.91. The van der Waals surface area contributed by atoms with Crippen molar-refractivity contribution in [2.45, 2.75) is 36.8 Å². The van der Waals surface area contributed by atoms with Gasteiger partial charge in [-0.05, 0) is 34.7 Å². The fraction of sp³-hybridized carbons (Fsp3) is 0.294. The Morgan fingerprint density at radius 2 is 1.71 bits per heavy atom. The molecule has 1 unspecified atom stereocenters. The lowest BCUT2D eigenvalue weighted by Gasteiger charge is -2.19. The minimum Gasteiger partial charge on any atom is -0.398 e. The number of rotatable bonds is 3. The zero-order valence-corrected chi connectivity index (χ0v) is 14.9. The van der Waals surface area contributed by atoms with Gasteiger partial charge >= 0.3 is 0 Å². The summed E-state index contributed by atoms with van der Waals surface area (Å²) in [6, 6.07) is 13.8. The van der Waals surface area contributed by atoms with Gasteiger partial charge in [0.05, 0.1) is 21.4 Å². The highest BCUT2D eigenvalue weighted by molar-refractivity contribution is 9.10. The van der Waals surface area contributed by atoms with Gasteiger partial charge in [-0.3, -0.25) is 4.21 Å². The monoisotopic (exact) mass is 365 g/mol. The normalized spacial score (nSPS) is 13.1. The zero-order chi connectivity index (χ0) is 15.6. The van der Waals surface area contributed by atoms with Crippen LogP contribution in [0.15, 0.2) is 51.8 Å². The van der Waals surface area contributed by atoms with Gasteiger partial charge in [0.15, 0.2) is 0 Å². The molecule has 0 aliphatic heterocycles. The molecule has 2 rings (SSSR count). The van der Waals surface area contributed by atoms with E-state index in [4.69, 9.17) is 5.73 Å². The number of nitrogens with two attached hydrogens (primary N) is 1. The summed E-state index contributed by atoms with van der Waals surface area (Å²) in [7, 11) is -1.13. The van der Waals surface area contributed by atoms with Gasteiger partial charge in [-0.1, -0.05) is 61.0 Å². The van der Waals surface area contributed by atoms with Crippen LogP contribution in [0.2, 0.25) is 0 Å². The van der Waals surface area contributed by atoms with E-state index in [0.717, 1.165) is 10.0 Å². The summed E-state index contributed by atoms with van der Waals surface area (Å²) in [6.07, 6.45) is 0. The molecular weight excluding hydrogens is 346 g/mol. The van der Waals surface area contributed by atoms with E-state index in [2.05, 4.69) is 48.8 Å². The topological polar surface area (TPSA) is 43.1 Å². The number of hydrogen-bond acceptors (Lipinski definition) is 2. The fourth-order valence-corrected chi connectivity index (χ4v) is 3.63. The second kappa shape index (κ2) is 6.32. The Kier molecular flexibility index (Phi) is 4.89. The van der Waals surface area contributed by atoms with Crippen LogP contribution in [0.1, 0.15) is 31.9 Å². The Balaban J connectivity index is 2.16. The number of anilines is 1. The molecule has 0 amide bonds. The summed E-state index contributed by atoms with van der Waals surface area (Å²) < 4.78 is 13.3. The lowest BCUT2D eigenvalue weighted by Crippen LogP contribution is -2.10. The van der Waals surface area contributed by atoms with Gasteiger partial charge < -0.3 is 5.73 Å². The first-order chi connectivity index (χ1) is 9.77. The first-order valence-electron chi connectivity index (χ1n) is 6.80. The van der Waals surface area contributed by atoms with Gasteiger partial charge in [0.25, 0.3) is 0 Å². The number of hydrogen-bond donors (Lipinski definition) is 1. The molecule has 1 atom stereocenters. The Bertz CT molecular complexity index is 659. The average molecular weight is 366 g/mol. The summed E-state index contributed by atoms with van der Waals surface area (Å²) in [5.41, 5.74) is 8.97. The van der Waals surface area contributed by atoms with E-state index >= 15 is 0 Å². The van der Waals surface area contributed by atoms with Crippen molar-refractivity contribution in [3.05, 3.63) is 58.1 Å². The second-order valence-corrected chi connectivity index (χ2v) is 8.45. The Labute approximate surface area is 137 Å². The van der Waals surface area contributed by atoms with Crippen molar-refractivity contribution in [3.63, 3.8) is 0 Å². The molecule has 0 radical (unpaired) electrons. The molecule has 2 N–H and O–H groups in total. The van der Waals surface area contributed by atoms with E-state index < -0.39 is 10.8 Å². The van der Waals surface area contributed by atoms with Crippen LogP contribution in [0.25, 0.3) is 0 Å². The van der Waals surface area contributed by atoms with Gasteiger partial charge in [-0.2, -0.15) is 0 Å². The molecule has 2 aromatic carbocycles. The SMILES string of the molecule is CC(C)(C)c1ccc(CS(=O)c2ccc(Br)cc2N)cc1. The number of benzene rings is 2. The standard InChI is InChI=1S/C17H20BrNOS/c1-17(2,3)13-6-4-12(5-7-13)11-21(20)16-9-8-14(18)10-15(16)19/h4-10H,11,19H2,1-3H3. The molecule has 2 aromatic rings. The van der Waals surface area contributed by atoms with Gasteiger partial charge in [0, 0.05) is 10.2 Å². The quantitative estimate of drug-likeness (QED) is 0.805. The molecule has 0 aliphatic rings. The van der Waals surface area contributed by atoms with Crippen LogP contribution in [0.3, 0.4) is 0 Å². The van der Waals surface area contributed by atoms with Gasteiger partial charge in [-0.15, -0.1) is 0 Å². The van der Waals surface area contributed by atoms with Crippen LogP contribution in [0.4, 0.5) is 5.69 Å². The lowest BCUT2D eigenvalue weighted by molar-refractivity contribution is 0.590. The van der Waals surface area contributed by atoms with E-state index in [0.29, 0.717) is 16.3 Å². The van der Waals surface area contributed by atoms with Crippen LogP contribution in [-0.2, 0) is 22.0 Å². The molecule has 21 heavy (non-hydrogen) atoms. The average Bonchev–Trinajstić information content (AvgIpc) is 2.38. The van der Waals surface area contributed by atoms with Crippen LogP contribution in [0, 0.1) is 0 Å². The number of halogens is 1. The maximum absolute atomic E-state index is 12.4. The molecule has 112 valence electrons. The fourth-order valence-electron chi connectivity index (χ4n) is 2.06.